The predicted octanol–water partition coefficient (Wildman–Crippen LogP) is 0.0197. The SMILES string of the molecule is CC1CN(CCCN(C)C)CC(CO)O1. The third-order valence-corrected chi connectivity index (χ3v) is 2.69. The second kappa shape index (κ2) is 6.43. The van der Waals surface area contributed by atoms with Gasteiger partial charge in [0.1, 0.15) is 0 Å². The number of aliphatic hydroxyl groups excluding tert-OH is 1. The molecule has 0 spiro atoms. The van der Waals surface area contributed by atoms with Crippen LogP contribution in [0.5, 0.6) is 0 Å². The summed E-state index contributed by atoms with van der Waals surface area (Å²) in [5, 5.41) is 9.08. The summed E-state index contributed by atoms with van der Waals surface area (Å²) in [6.07, 6.45) is 1.43. The van der Waals surface area contributed by atoms with Crippen molar-refractivity contribution < 1.29 is 9.84 Å². The molecule has 2 unspecified atom stereocenters. The quantitative estimate of drug-likeness (QED) is 0.703. The molecule has 0 aliphatic carbocycles. The van der Waals surface area contributed by atoms with E-state index in [-0.39, 0.29) is 18.8 Å². The molecule has 0 bridgehead atoms. The lowest BCUT2D eigenvalue weighted by molar-refractivity contribution is -0.0953. The molecule has 2 atom stereocenters. The molecule has 0 radical (unpaired) electrons. The van der Waals surface area contributed by atoms with Crippen molar-refractivity contribution in [2.45, 2.75) is 25.6 Å². The topological polar surface area (TPSA) is 35.9 Å². The largest absolute Gasteiger partial charge is 0.394 e. The van der Waals surface area contributed by atoms with Crippen LogP contribution >= 0.6 is 0 Å². The lowest BCUT2D eigenvalue weighted by atomic mass is 10.2. The fourth-order valence-corrected chi connectivity index (χ4v) is 2.03. The monoisotopic (exact) mass is 216 g/mol. The minimum Gasteiger partial charge on any atom is -0.394 e. The van der Waals surface area contributed by atoms with Crippen molar-refractivity contribution in [2.75, 3.05) is 46.9 Å². The highest BCUT2D eigenvalue weighted by atomic mass is 16.5. The van der Waals surface area contributed by atoms with E-state index in [0.717, 1.165) is 26.2 Å². The van der Waals surface area contributed by atoms with Crippen LogP contribution in [0.1, 0.15) is 13.3 Å². The maximum Gasteiger partial charge on any atom is 0.0936 e. The first-order valence-electron chi connectivity index (χ1n) is 5.75. The molecule has 1 aliphatic rings. The van der Waals surface area contributed by atoms with Crippen LogP contribution in [0.4, 0.5) is 0 Å². The zero-order valence-electron chi connectivity index (χ0n) is 10.1. The molecule has 4 heteroatoms. The molecular weight excluding hydrogens is 192 g/mol. The van der Waals surface area contributed by atoms with Gasteiger partial charge in [0.05, 0.1) is 18.8 Å². The fourth-order valence-electron chi connectivity index (χ4n) is 2.03. The predicted molar refractivity (Wildman–Crippen MR) is 61.0 cm³/mol. The van der Waals surface area contributed by atoms with Crippen LogP contribution in [0, 0.1) is 0 Å². The molecule has 0 aromatic rings. The van der Waals surface area contributed by atoms with Crippen LogP contribution in [0.25, 0.3) is 0 Å². The Labute approximate surface area is 92.8 Å². The molecule has 0 amide bonds. The van der Waals surface area contributed by atoms with Crippen molar-refractivity contribution in [3.05, 3.63) is 0 Å². The number of hydrogen-bond acceptors (Lipinski definition) is 4. The molecule has 0 aromatic carbocycles. The number of hydrogen-bond donors (Lipinski definition) is 1. The molecule has 15 heavy (non-hydrogen) atoms. The molecule has 1 rings (SSSR count). The molecule has 1 heterocycles. The summed E-state index contributed by atoms with van der Waals surface area (Å²) in [7, 11) is 4.19. The third-order valence-electron chi connectivity index (χ3n) is 2.69. The van der Waals surface area contributed by atoms with Crippen LogP contribution in [0.3, 0.4) is 0 Å². The van der Waals surface area contributed by atoms with Gasteiger partial charge in [-0.05, 0) is 40.5 Å². The van der Waals surface area contributed by atoms with Crippen LogP contribution in [-0.2, 0) is 4.74 Å². The average molecular weight is 216 g/mol. The van der Waals surface area contributed by atoms with Crippen molar-refractivity contribution in [1.29, 1.82) is 0 Å². The van der Waals surface area contributed by atoms with Crippen molar-refractivity contribution in [2.24, 2.45) is 0 Å². The van der Waals surface area contributed by atoms with E-state index < -0.39 is 0 Å². The molecule has 1 aliphatic heterocycles. The summed E-state index contributed by atoms with van der Waals surface area (Å²) in [4.78, 5) is 4.59. The van der Waals surface area contributed by atoms with Gasteiger partial charge in [-0.25, -0.2) is 0 Å². The van der Waals surface area contributed by atoms with Gasteiger partial charge in [-0.3, -0.25) is 4.90 Å². The zero-order chi connectivity index (χ0) is 11.3. The Balaban J connectivity index is 2.22. The van der Waals surface area contributed by atoms with Gasteiger partial charge in [-0.15, -0.1) is 0 Å². The number of aliphatic hydroxyl groups is 1. The Bertz CT molecular complexity index is 176. The number of ether oxygens (including phenoxy) is 1. The highest BCUT2D eigenvalue weighted by molar-refractivity contribution is 4.75. The van der Waals surface area contributed by atoms with E-state index in [1.54, 1.807) is 0 Å². The molecule has 1 N–H and O–H groups in total. The summed E-state index contributed by atoms with van der Waals surface area (Å²) >= 11 is 0. The van der Waals surface area contributed by atoms with Crippen LogP contribution in [-0.4, -0.2) is 74.0 Å². The zero-order valence-corrected chi connectivity index (χ0v) is 10.1. The minimum absolute atomic E-state index is 0.00751. The molecule has 90 valence electrons. The highest BCUT2D eigenvalue weighted by Gasteiger charge is 2.23. The highest BCUT2D eigenvalue weighted by Crippen LogP contribution is 2.10. The van der Waals surface area contributed by atoms with E-state index in [1.807, 2.05) is 0 Å². The van der Waals surface area contributed by atoms with E-state index in [1.165, 1.54) is 6.42 Å². The van der Waals surface area contributed by atoms with Crippen LogP contribution in [0.2, 0.25) is 0 Å². The van der Waals surface area contributed by atoms with Crippen molar-refractivity contribution in [3.8, 4) is 0 Å². The van der Waals surface area contributed by atoms with Gasteiger partial charge in [0.15, 0.2) is 0 Å². The Morgan fingerprint density at radius 1 is 1.40 bits per heavy atom. The molecule has 4 nitrogen and oxygen atoms in total. The lowest BCUT2D eigenvalue weighted by Gasteiger charge is -2.36. The normalized spacial score (nSPS) is 28.6. The van der Waals surface area contributed by atoms with E-state index >= 15 is 0 Å². The summed E-state index contributed by atoms with van der Waals surface area (Å²) in [5.41, 5.74) is 0. The van der Waals surface area contributed by atoms with Crippen LogP contribution < -0.4 is 0 Å². The van der Waals surface area contributed by atoms with Crippen molar-refractivity contribution >= 4 is 0 Å². The van der Waals surface area contributed by atoms with Crippen LogP contribution in [0.15, 0.2) is 0 Å². The second-order valence-electron chi connectivity index (χ2n) is 4.67. The summed E-state index contributed by atoms with van der Waals surface area (Å²) in [6, 6.07) is 0. The van der Waals surface area contributed by atoms with Gasteiger partial charge in [-0.1, -0.05) is 0 Å². The first-order chi connectivity index (χ1) is 7.11. The van der Waals surface area contributed by atoms with E-state index in [4.69, 9.17) is 9.84 Å². The lowest BCUT2D eigenvalue weighted by Crippen LogP contribution is -2.48. The first kappa shape index (κ1) is 12.9. The minimum atomic E-state index is 0.00751. The molecule has 1 fully saturated rings. The van der Waals surface area contributed by atoms with Gasteiger partial charge in [-0.2, -0.15) is 0 Å². The number of nitrogens with zero attached hydrogens (tertiary/aromatic N) is 2. The van der Waals surface area contributed by atoms with Crippen molar-refractivity contribution in [1.82, 2.24) is 9.80 Å². The Morgan fingerprint density at radius 3 is 2.73 bits per heavy atom. The van der Waals surface area contributed by atoms with Gasteiger partial charge in [0, 0.05) is 13.1 Å². The average Bonchev–Trinajstić information content (AvgIpc) is 2.16. The standard InChI is InChI=1S/C11H24N2O2/c1-10-7-13(6-4-5-12(2)3)8-11(9-14)15-10/h10-11,14H,4-9H2,1-3H3. The Morgan fingerprint density at radius 2 is 2.13 bits per heavy atom. The van der Waals surface area contributed by atoms with Gasteiger partial charge < -0.3 is 14.7 Å². The molecule has 1 saturated heterocycles. The second-order valence-corrected chi connectivity index (χ2v) is 4.67. The maximum atomic E-state index is 9.08. The third kappa shape index (κ3) is 4.93. The summed E-state index contributed by atoms with van der Waals surface area (Å²) in [6.45, 7) is 6.28. The van der Waals surface area contributed by atoms with Gasteiger partial charge in [0.2, 0.25) is 0 Å². The molecular formula is C11H24N2O2. The smallest absolute Gasteiger partial charge is 0.0936 e. The number of morpholine rings is 1. The van der Waals surface area contributed by atoms with Crippen molar-refractivity contribution in [3.63, 3.8) is 0 Å². The molecule has 0 saturated carbocycles. The van der Waals surface area contributed by atoms with E-state index in [9.17, 15) is 0 Å². The number of rotatable bonds is 5. The van der Waals surface area contributed by atoms with Gasteiger partial charge in [0.25, 0.3) is 0 Å². The summed E-state index contributed by atoms with van der Waals surface area (Å²) in [5.74, 6) is 0. The first-order valence-corrected chi connectivity index (χ1v) is 5.75. The Hall–Kier alpha value is -0.160. The van der Waals surface area contributed by atoms with E-state index in [0.29, 0.717) is 0 Å². The fraction of sp³-hybridized carbons (Fsp3) is 1.00. The molecule has 0 aromatic heterocycles. The Kier molecular flexibility index (Phi) is 5.53. The maximum absolute atomic E-state index is 9.08. The summed E-state index contributed by atoms with van der Waals surface area (Å²) < 4.78 is 5.59. The van der Waals surface area contributed by atoms with E-state index in [2.05, 4.69) is 30.8 Å². The van der Waals surface area contributed by atoms with Gasteiger partial charge >= 0.3 is 0 Å².